The Morgan fingerprint density at radius 1 is 1.15 bits per heavy atom. The molecule has 1 aliphatic heterocycles. The summed E-state index contributed by atoms with van der Waals surface area (Å²) in [6, 6.07) is 12.1. The van der Waals surface area contributed by atoms with Crippen LogP contribution in [-0.4, -0.2) is 48.3 Å². The van der Waals surface area contributed by atoms with E-state index in [1.807, 2.05) is 36.7 Å². The van der Waals surface area contributed by atoms with E-state index in [1.165, 1.54) is 5.69 Å². The summed E-state index contributed by atoms with van der Waals surface area (Å²) in [4.78, 5) is 14.0. The molecule has 0 amide bonds. The summed E-state index contributed by atoms with van der Waals surface area (Å²) in [7, 11) is 2.24. The smallest absolute Gasteiger partial charge is 0.188 e. The van der Waals surface area contributed by atoms with E-state index in [-0.39, 0.29) is 6.61 Å². The molecule has 4 rings (SSSR count). The average Bonchev–Trinajstić information content (AvgIpc) is 3.17. The van der Waals surface area contributed by atoms with Gasteiger partial charge in [-0.3, -0.25) is 0 Å². The summed E-state index contributed by atoms with van der Waals surface area (Å²) < 4.78 is 0. The number of likely N-dealkylation sites (N-methyl/N-ethyl adjacent to an activating group) is 1. The molecular formula is C20H24N5OS+. The molecule has 1 fully saturated rings. The van der Waals surface area contributed by atoms with Crippen LogP contribution in [0.25, 0.3) is 10.4 Å². The van der Waals surface area contributed by atoms with Gasteiger partial charge in [-0.1, -0.05) is 35.6 Å². The molecule has 2 aromatic heterocycles. The SMILES string of the molecule is C[NH+]1CCN(c2ccnc(Nc3ncc(-c4ccc(CO)cc4)s3)c2)CC1. The highest BCUT2D eigenvalue weighted by molar-refractivity contribution is 7.18. The van der Waals surface area contributed by atoms with Gasteiger partial charge < -0.3 is 20.2 Å². The lowest BCUT2D eigenvalue weighted by Gasteiger charge is -2.31. The molecule has 3 N–H and O–H groups in total. The van der Waals surface area contributed by atoms with Gasteiger partial charge in [0, 0.05) is 24.1 Å². The number of thiazole rings is 1. The van der Waals surface area contributed by atoms with Crippen molar-refractivity contribution in [2.45, 2.75) is 6.61 Å². The second-order valence-electron chi connectivity index (χ2n) is 6.85. The summed E-state index contributed by atoms with van der Waals surface area (Å²) in [6.07, 6.45) is 3.72. The number of quaternary nitrogens is 1. The number of aliphatic hydroxyl groups excluding tert-OH is 1. The standard InChI is InChI=1S/C20H23N5OS/c1-24-8-10-25(11-9-24)17-6-7-21-19(12-17)23-20-22-13-18(27-20)16-4-2-15(14-26)3-5-16/h2-7,12-13,26H,8-11,14H2,1H3,(H,21,22,23)/p+1. The van der Waals surface area contributed by atoms with Crippen molar-refractivity contribution < 1.29 is 10.0 Å². The van der Waals surface area contributed by atoms with Gasteiger partial charge in [-0.25, -0.2) is 9.97 Å². The van der Waals surface area contributed by atoms with Crippen molar-refractivity contribution in [3.63, 3.8) is 0 Å². The Hall–Kier alpha value is -2.48. The normalized spacial score (nSPS) is 15.1. The molecule has 0 aliphatic carbocycles. The van der Waals surface area contributed by atoms with Crippen LogP contribution < -0.4 is 15.1 Å². The van der Waals surface area contributed by atoms with Crippen molar-refractivity contribution in [3.8, 4) is 10.4 Å². The molecular weight excluding hydrogens is 358 g/mol. The molecule has 6 nitrogen and oxygen atoms in total. The molecule has 0 atom stereocenters. The van der Waals surface area contributed by atoms with Gasteiger partial charge in [0.2, 0.25) is 0 Å². The Balaban J connectivity index is 1.46. The first-order valence-corrected chi connectivity index (χ1v) is 9.98. The van der Waals surface area contributed by atoms with E-state index in [1.54, 1.807) is 16.2 Å². The van der Waals surface area contributed by atoms with Crippen LogP contribution in [0.3, 0.4) is 0 Å². The minimum Gasteiger partial charge on any atom is -0.392 e. The molecule has 0 spiro atoms. The number of rotatable bonds is 5. The number of nitrogens with zero attached hydrogens (tertiary/aromatic N) is 3. The highest BCUT2D eigenvalue weighted by Gasteiger charge is 2.17. The Labute approximate surface area is 163 Å². The molecule has 1 saturated heterocycles. The third-order valence-corrected chi connectivity index (χ3v) is 5.85. The van der Waals surface area contributed by atoms with Crippen LogP contribution >= 0.6 is 11.3 Å². The van der Waals surface area contributed by atoms with Gasteiger partial charge in [-0.05, 0) is 17.2 Å². The molecule has 0 bridgehead atoms. The quantitative estimate of drug-likeness (QED) is 0.628. The van der Waals surface area contributed by atoms with E-state index in [0.717, 1.165) is 53.1 Å². The van der Waals surface area contributed by atoms with E-state index < -0.39 is 0 Å². The number of aromatic nitrogens is 2. The van der Waals surface area contributed by atoms with Crippen LogP contribution in [0.1, 0.15) is 5.56 Å². The summed E-state index contributed by atoms with van der Waals surface area (Å²) >= 11 is 1.59. The van der Waals surface area contributed by atoms with Crippen LogP contribution in [0.2, 0.25) is 0 Å². The largest absolute Gasteiger partial charge is 0.392 e. The first-order valence-electron chi connectivity index (χ1n) is 9.16. The highest BCUT2D eigenvalue weighted by atomic mass is 32.1. The van der Waals surface area contributed by atoms with Crippen LogP contribution in [0, 0.1) is 0 Å². The molecule has 3 heterocycles. The second kappa shape index (κ2) is 8.04. The van der Waals surface area contributed by atoms with Crippen LogP contribution in [0.4, 0.5) is 16.6 Å². The lowest BCUT2D eigenvalue weighted by atomic mass is 10.1. The van der Waals surface area contributed by atoms with Gasteiger partial charge in [0.15, 0.2) is 5.13 Å². The van der Waals surface area contributed by atoms with E-state index in [9.17, 15) is 0 Å². The van der Waals surface area contributed by atoms with Gasteiger partial charge in [0.1, 0.15) is 5.82 Å². The van der Waals surface area contributed by atoms with Crippen molar-refractivity contribution in [1.29, 1.82) is 0 Å². The zero-order chi connectivity index (χ0) is 18.6. The predicted molar refractivity (Wildman–Crippen MR) is 110 cm³/mol. The number of anilines is 3. The Morgan fingerprint density at radius 3 is 2.67 bits per heavy atom. The summed E-state index contributed by atoms with van der Waals surface area (Å²) in [6.45, 7) is 4.53. The van der Waals surface area contributed by atoms with E-state index in [4.69, 9.17) is 5.11 Å². The fourth-order valence-corrected chi connectivity index (χ4v) is 4.01. The average molecular weight is 383 g/mol. The summed E-state index contributed by atoms with van der Waals surface area (Å²) in [5, 5.41) is 13.3. The van der Waals surface area contributed by atoms with Gasteiger partial charge in [0.05, 0.1) is 44.7 Å². The molecule has 27 heavy (non-hydrogen) atoms. The second-order valence-corrected chi connectivity index (χ2v) is 7.88. The molecule has 0 unspecified atom stereocenters. The molecule has 1 aliphatic rings. The number of nitrogens with one attached hydrogen (secondary N) is 2. The van der Waals surface area contributed by atoms with Crippen LogP contribution in [-0.2, 0) is 6.61 Å². The van der Waals surface area contributed by atoms with Crippen molar-refractivity contribution in [2.24, 2.45) is 0 Å². The number of hydrogen-bond donors (Lipinski definition) is 3. The van der Waals surface area contributed by atoms with Crippen LogP contribution in [0.15, 0.2) is 48.8 Å². The molecule has 1 aromatic carbocycles. The van der Waals surface area contributed by atoms with E-state index in [2.05, 4.69) is 39.4 Å². The molecule has 3 aromatic rings. The molecule has 140 valence electrons. The number of piperazine rings is 1. The Morgan fingerprint density at radius 2 is 1.93 bits per heavy atom. The minimum absolute atomic E-state index is 0.0619. The summed E-state index contributed by atoms with van der Waals surface area (Å²) in [5.74, 6) is 0.815. The maximum atomic E-state index is 9.17. The number of aliphatic hydroxyl groups is 1. The monoisotopic (exact) mass is 382 g/mol. The van der Waals surface area contributed by atoms with Crippen molar-refractivity contribution in [1.82, 2.24) is 9.97 Å². The van der Waals surface area contributed by atoms with Crippen molar-refractivity contribution in [2.75, 3.05) is 43.4 Å². The number of pyridine rings is 1. The highest BCUT2D eigenvalue weighted by Crippen LogP contribution is 2.31. The fraction of sp³-hybridized carbons (Fsp3) is 0.300. The Bertz CT molecular complexity index is 887. The van der Waals surface area contributed by atoms with Crippen LogP contribution in [0.5, 0.6) is 0 Å². The fourth-order valence-electron chi connectivity index (χ4n) is 3.18. The van der Waals surface area contributed by atoms with Gasteiger partial charge in [-0.2, -0.15) is 0 Å². The van der Waals surface area contributed by atoms with Crippen molar-refractivity contribution in [3.05, 3.63) is 54.4 Å². The van der Waals surface area contributed by atoms with Gasteiger partial charge in [0.25, 0.3) is 0 Å². The van der Waals surface area contributed by atoms with Gasteiger partial charge in [-0.15, -0.1) is 0 Å². The lowest BCUT2D eigenvalue weighted by Crippen LogP contribution is -3.12. The molecule has 0 saturated carbocycles. The topological polar surface area (TPSA) is 65.7 Å². The maximum absolute atomic E-state index is 9.17. The predicted octanol–water partition coefficient (Wildman–Crippen LogP) is 1.78. The minimum atomic E-state index is 0.0619. The van der Waals surface area contributed by atoms with E-state index in [0.29, 0.717) is 0 Å². The lowest BCUT2D eigenvalue weighted by molar-refractivity contribution is -0.880. The third kappa shape index (κ3) is 4.27. The first kappa shape index (κ1) is 17.9. The number of hydrogen-bond acceptors (Lipinski definition) is 6. The zero-order valence-electron chi connectivity index (χ0n) is 15.4. The molecule has 0 radical (unpaired) electrons. The van der Waals surface area contributed by atoms with E-state index >= 15 is 0 Å². The van der Waals surface area contributed by atoms with Crippen molar-refractivity contribution >= 4 is 28.0 Å². The number of benzene rings is 1. The molecule has 7 heteroatoms. The zero-order valence-corrected chi connectivity index (χ0v) is 16.2. The third-order valence-electron chi connectivity index (χ3n) is 4.89. The maximum Gasteiger partial charge on any atom is 0.188 e. The first-order chi connectivity index (χ1) is 13.2. The van der Waals surface area contributed by atoms with Gasteiger partial charge >= 0.3 is 0 Å². The summed E-state index contributed by atoms with van der Waals surface area (Å²) in [5.41, 5.74) is 3.21. The Kier molecular flexibility index (Phi) is 5.33.